The van der Waals surface area contributed by atoms with E-state index >= 15 is 0 Å². The molecule has 0 saturated carbocycles. The highest BCUT2D eigenvalue weighted by Gasteiger charge is 2.12. The molecule has 1 aromatic carbocycles. The predicted octanol–water partition coefficient (Wildman–Crippen LogP) is 3.59. The van der Waals surface area contributed by atoms with Crippen LogP contribution in [0.2, 0.25) is 0 Å². The van der Waals surface area contributed by atoms with E-state index in [0.717, 1.165) is 4.47 Å². The Labute approximate surface area is 142 Å². The van der Waals surface area contributed by atoms with Crippen molar-refractivity contribution in [2.24, 2.45) is 0 Å². The first kappa shape index (κ1) is 17.5. The topological polar surface area (TPSA) is 67.4 Å². The van der Waals surface area contributed by atoms with Gasteiger partial charge in [0.05, 0.1) is 8.95 Å². The van der Waals surface area contributed by atoms with Gasteiger partial charge in [-0.2, -0.15) is 0 Å². The van der Waals surface area contributed by atoms with Crippen LogP contribution in [0.1, 0.15) is 13.8 Å². The number of nitrogens with one attached hydrogen (secondary N) is 2. The van der Waals surface area contributed by atoms with E-state index in [1.54, 1.807) is 26.0 Å². The number of carbonyl (C=O) groups is 2. The second kappa shape index (κ2) is 7.99. The molecule has 0 fully saturated rings. The van der Waals surface area contributed by atoms with Crippen molar-refractivity contribution in [1.29, 1.82) is 0 Å². The van der Waals surface area contributed by atoms with Crippen molar-refractivity contribution in [2.45, 2.75) is 19.9 Å². The van der Waals surface area contributed by atoms with E-state index in [4.69, 9.17) is 4.74 Å². The molecule has 0 unspecified atom stereocenters. The van der Waals surface area contributed by atoms with Gasteiger partial charge >= 0.3 is 6.03 Å². The Morgan fingerprint density at radius 2 is 1.75 bits per heavy atom. The van der Waals surface area contributed by atoms with Crippen molar-refractivity contribution < 1.29 is 14.3 Å². The molecule has 5 nitrogen and oxygen atoms in total. The van der Waals surface area contributed by atoms with Crippen LogP contribution in [-0.4, -0.2) is 24.6 Å². The maximum absolute atomic E-state index is 11.6. The fourth-order valence-corrected chi connectivity index (χ4v) is 3.75. The summed E-state index contributed by atoms with van der Waals surface area (Å²) in [5.41, 5.74) is 0. The zero-order chi connectivity index (χ0) is 15.3. The van der Waals surface area contributed by atoms with Crippen molar-refractivity contribution in [2.75, 3.05) is 6.61 Å². The zero-order valence-corrected chi connectivity index (χ0v) is 15.6. The van der Waals surface area contributed by atoms with Crippen molar-refractivity contribution >= 4 is 59.7 Å². The van der Waals surface area contributed by atoms with Crippen LogP contribution in [0.3, 0.4) is 0 Å². The molecule has 1 aromatic rings. The predicted molar refractivity (Wildman–Crippen MR) is 86.8 cm³/mol. The van der Waals surface area contributed by atoms with Crippen LogP contribution in [0.15, 0.2) is 25.6 Å². The quantitative estimate of drug-likeness (QED) is 0.703. The highest BCUT2D eigenvalue weighted by molar-refractivity contribution is 9.11. The lowest BCUT2D eigenvalue weighted by Gasteiger charge is -2.12. The molecular weight excluding hydrogens is 460 g/mol. The number of urea groups is 1. The second-order valence-electron chi connectivity index (χ2n) is 4.16. The van der Waals surface area contributed by atoms with Gasteiger partial charge in [0.25, 0.3) is 5.91 Å². The molecule has 0 aliphatic heterocycles. The summed E-state index contributed by atoms with van der Waals surface area (Å²) in [5.74, 6) is -0.0301. The SMILES string of the molecule is CC(C)NC(=O)NC(=O)COc1c(Br)cc(Br)cc1Br. The molecule has 20 heavy (non-hydrogen) atoms. The highest BCUT2D eigenvalue weighted by atomic mass is 79.9. The molecule has 1 rings (SSSR count). The summed E-state index contributed by atoms with van der Waals surface area (Å²) in [6.45, 7) is 3.34. The smallest absolute Gasteiger partial charge is 0.321 e. The summed E-state index contributed by atoms with van der Waals surface area (Å²) in [6, 6.07) is 3.01. The summed E-state index contributed by atoms with van der Waals surface area (Å²) < 4.78 is 7.63. The fraction of sp³-hybridized carbons (Fsp3) is 0.333. The third kappa shape index (κ3) is 5.80. The lowest BCUT2D eigenvalue weighted by molar-refractivity contribution is -0.122. The van der Waals surface area contributed by atoms with Gasteiger partial charge in [-0.15, -0.1) is 0 Å². The van der Waals surface area contributed by atoms with Crippen molar-refractivity contribution in [3.63, 3.8) is 0 Å². The molecule has 8 heteroatoms. The van der Waals surface area contributed by atoms with Crippen LogP contribution in [0.4, 0.5) is 4.79 Å². The maximum atomic E-state index is 11.6. The van der Waals surface area contributed by atoms with Crippen LogP contribution in [0.5, 0.6) is 5.75 Å². The van der Waals surface area contributed by atoms with Crippen molar-refractivity contribution in [1.82, 2.24) is 10.6 Å². The fourth-order valence-electron chi connectivity index (χ4n) is 1.27. The van der Waals surface area contributed by atoms with Gasteiger partial charge in [0.1, 0.15) is 5.75 Å². The van der Waals surface area contributed by atoms with Gasteiger partial charge < -0.3 is 10.1 Å². The lowest BCUT2D eigenvalue weighted by Crippen LogP contribution is -2.44. The molecule has 0 aliphatic carbocycles. The number of halogens is 3. The minimum absolute atomic E-state index is 0.0431. The lowest BCUT2D eigenvalue weighted by atomic mass is 10.3. The Morgan fingerprint density at radius 3 is 2.25 bits per heavy atom. The number of amides is 3. The monoisotopic (exact) mass is 470 g/mol. The van der Waals surface area contributed by atoms with Crippen LogP contribution in [0, 0.1) is 0 Å². The number of hydrogen-bond donors (Lipinski definition) is 2. The molecule has 0 spiro atoms. The van der Waals surface area contributed by atoms with E-state index in [1.165, 1.54) is 0 Å². The van der Waals surface area contributed by atoms with Gasteiger partial charge in [-0.1, -0.05) is 15.9 Å². The number of benzene rings is 1. The van der Waals surface area contributed by atoms with Crippen LogP contribution in [-0.2, 0) is 4.79 Å². The van der Waals surface area contributed by atoms with E-state index < -0.39 is 11.9 Å². The Hall–Kier alpha value is -0.600. The van der Waals surface area contributed by atoms with E-state index in [0.29, 0.717) is 14.7 Å². The largest absolute Gasteiger partial charge is 0.481 e. The van der Waals surface area contributed by atoms with Crippen LogP contribution < -0.4 is 15.4 Å². The van der Waals surface area contributed by atoms with E-state index in [1.807, 2.05) is 0 Å². The van der Waals surface area contributed by atoms with Gasteiger partial charge in [-0.05, 0) is 57.8 Å². The summed E-state index contributed by atoms with van der Waals surface area (Å²) in [4.78, 5) is 22.9. The molecule has 0 aliphatic rings. The minimum atomic E-state index is -0.539. The molecule has 0 heterocycles. The minimum Gasteiger partial charge on any atom is -0.481 e. The number of carbonyl (C=O) groups excluding carboxylic acids is 2. The van der Waals surface area contributed by atoms with E-state index in [9.17, 15) is 9.59 Å². The number of imide groups is 1. The first-order valence-corrected chi connectivity index (χ1v) is 8.05. The standard InChI is InChI=1S/C12H13Br3N2O3/c1-6(2)16-12(19)17-10(18)5-20-11-8(14)3-7(13)4-9(11)15/h3-4,6H,5H2,1-2H3,(H2,16,17,18,19). The molecule has 0 bridgehead atoms. The molecule has 3 amide bonds. The third-order valence-electron chi connectivity index (χ3n) is 1.98. The summed E-state index contributed by atoms with van der Waals surface area (Å²) in [6.07, 6.45) is 0. The molecular formula is C12H13Br3N2O3. The summed E-state index contributed by atoms with van der Waals surface area (Å²) in [7, 11) is 0. The molecule has 2 N–H and O–H groups in total. The summed E-state index contributed by atoms with van der Waals surface area (Å²) in [5, 5.41) is 4.73. The zero-order valence-electron chi connectivity index (χ0n) is 10.8. The Kier molecular flexibility index (Phi) is 6.97. The highest BCUT2D eigenvalue weighted by Crippen LogP contribution is 2.36. The normalized spacial score (nSPS) is 10.3. The number of ether oxygens (including phenoxy) is 1. The first-order valence-electron chi connectivity index (χ1n) is 5.67. The Balaban J connectivity index is 2.55. The van der Waals surface area contributed by atoms with Gasteiger partial charge in [0.15, 0.2) is 6.61 Å². The average Bonchev–Trinajstić information content (AvgIpc) is 2.25. The van der Waals surface area contributed by atoms with Crippen LogP contribution in [0.25, 0.3) is 0 Å². The van der Waals surface area contributed by atoms with E-state index in [2.05, 4.69) is 58.4 Å². The van der Waals surface area contributed by atoms with Gasteiger partial charge in [0.2, 0.25) is 0 Å². The Bertz CT molecular complexity index is 498. The number of hydrogen-bond acceptors (Lipinski definition) is 3. The molecule has 0 saturated heterocycles. The Morgan fingerprint density at radius 1 is 1.20 bits per heavy atom. The van der Waals surface area contributed by atoms with Crippen LogP contribution >= 0.6 is 47.8 Å². The third-order valence-corrected chi connectivity index (χ3v) is 3.62. The number of rotatable bonds is 4. The maximum Gasteiger partial charge on any atom is 0.321 e. The molecule has 0 radical (unpaired) electrons. The van der Waals surface area contributed by atoms with Crippen molar-refractivity contribution in [3.8, 4) is 5.75 Å². The molecule has 0 aromatic heterocycles. The molecule has 110 valence electrons. The van der Waals surface area contributed by atoms with Gasteiger partial charge in [-0.25, -0.2) is 4.79 Å². The first-order chi connectivity index (χ1) is 9.29. The second-order valence-corrected chi connectivity index (χ2v) is 6.79. The van der Waals surface area contributed by atoms with Gasteiger partial charge in [0, 0.05) is 10.5 Å². The van der Waals surface area contributed by atoms with Gasteiger partial charge in [-0.3, -0.25) is 10.1 Å². The average molecular weight is 473 g/mol. The van der Waals surface area contributed by atoms with E-state index in [-0.39, 0.29) is 12.6 Å². The van der Waals surface area contributed by atoms with Crippen molar-refractivity contribution in [3.05, 3.63) is 25.6 Å². The summed E-state index contributed by atoms with van der Waals surface area (Å²) >= 11 is 10.0. The molecule has 0 atom stereocenters.